The van der Waals surface area contributed by atoms with Gasteiger partial charge >= 0.3 is 0 Å². The van der Waals surface area contributed by atoms with Crippen molar-refractivity contribution in [3.63, 3.8) is 0 Å². The zero-order chi connectivity index (χ0) is 62.6. The van der Waals surface area contributed by atoms with Gasteiger partial charge in [0.25, 0.3) is 0 Å². The molecule has 85 heavy (non-hydrogen) atoms. The molecule has 444 valence electrons. The average Bonchev–Trinajstić information content (AvgIpc) is 2.16. The number of aryl methyl sites for hydroxylation is 8. The standard InChI is InChI=1S/C27H36N2.C25H30F2N2.C25H32N2/c1-17(2)22-10-12-24(28(8)15-22)26-19(5)14-20(6)27(21(26)7)25-13-11-23(18(3)4)16-29(25)9;1-15(2)18-8-10-22(28(6)13-18)24-17(5)25(21(27)12-20(24)26)23-11-9-19(16(3)4)14-29(23)7;1-17(2)20-11-13-24(26(6)15-20)22-9-8-10-23(19(22)5)25-14-12-21(18(3)4)16-27(25)7/h10-18H,1-9H3;8-16H,1-7H3;8-18H,1-7H3/q3*+2. The van der Waals surface area contributed by atoms with Gasteiger partial charge in [0.05, 0.1) is 22.3 Å². The molecule has 0 radical (unpaired) electrons. The van der Waals surface area contributed by atoms with Gasteiger partial charge < -0.3 is 0 Å². The molecule has 0 bridgehead atoms. The summed E-state index contributed by atoms with van der Waals surface area (Å²) in [6.07, 6.45) is 13.1. The molecule has 0 fully saturated rings. The molecule has 8 heteroatoms. The molecule has 6 heterocycles. The number of hydrogen-bond acceptors (Lipinski definition) is 0. The van der Waals surface area contributed by atoms with E-state index in [2.05, 4.69) is 255 Å². The van der Waals surface area contributed by atoms with E-state index >= 15 is 0 Å². The predicted molar refractivity (Wildman–Crippen MR) is 347 cm³/mol. The molecule has 6 nitrogen and oxygen atoms in total. The first-order chi connectivity index (χ1) is 40.0. The number of rotatable bonds is 12. The molecule has 0 saturated carbocycles. The quantitative estimate of drug-likeness (QED) is 0.109. The molecule has 0 N–H and O–H groups in total. The second kappa shape index (κ2) is 27.2. The van der Waals surface area contributed by atoms with E-state index in [1.807, 2.05) is 59.9 Å². The van der Waals surface area contributed by atoms with Crippen LogP contribution in [0.4, 0.5) is 8.78 Å². The van der Waals surface area contributed by atoms with Gasteiger partial charge in [0.2, 0.25) is 34.2 Å². The Kier molecular flexibility index (Phi) is 20.8. The summed E-state index contributed by atoms with van der Waals surface area (Å²) < 4.78 is 42.8. The van der Waals surface area contributed by atoms with Crippen molar-refractivity contribution in [3.05, 3.63) is 213 Å². The molecule has 0 atom stereocenters. The summed E-state index contributed by atoms with van der Waals surface area (Å²) >= 11 is 0. The highest BCUT2D eigenvalue weighted by molar-refractivity contribution is 5.79. The lowest BCUT2D eigenvalue weighted by molar-refractivity contribution is -0.661. The number of aromatic nitrogens is 6. The number of halogens is 2. The van der Waals surface area contributed by atoms with Crippen LogP contribution in [0.5, 0.6) is 0 Å². The van der Waals surface area contributed by atoms with Gasteiger partial charge in [-0.15, -0.1) is 0 Å². The molecule has 0 spiro atoms. The van der Waals surface area contributed by atoms with Gasteiger partial charge in [-0.1, -0.05) is 95.2 Å². The normalized spacial score (nSPS) is 11.5. The fraction of sp³-hybridized carbons (Fsp3) is 0.377. The molecular weight excluding hydrogens is 1050 g/mol. The zero-order valence-corrected chi connectivity index (χ0v) is 55.7. The van der Waals surface area contributed by atoms with Crippen LogP contribution in [0, 0.1) is 46.3 Å². The minimum absolute atomic E-state index is 0.378. The first-order valence-electron chi connectivity index (χ1n) is 30.7. The van der Waals surface area contributed by atoms with E-state index in [1.165, 1.54) is 101 Å². The molecule has 9 rings (SSSR count). The van der Waals surface area contributed by atoms with Crippen LogP contribution in [0.15, 0.2) is 140 Å². The Bertz CT molecular complexity index is 3490. The van der Waals surface area contributed by atoms with Crippen LogP contribution in [0.2, 0.25) is 0 Å². The summed E-state index contributed by atoms with van der Waals surface area (Å²) in [5.41, 5.74) is 26.4. The maximum atomic E-state index is 14.9. The lowest BCUT2D eigenvalue weighted by Crippen LogP contribution is -2.33. The molecule has 0 aliphatic carbocycles. The third-order valence-corrected chi connectivity index (χ3v) is 17.3. The van der Waals surface area contributed by atoms with Crippen molar-refractivity contribution in [2.24, 2.45) is 42.3 Å². The van der Waals surface area contributed by atoms with Gasteiger partial charge in [0, 0.05) is 87.0 Å². The minimum atomic E-state index is -0.543. The van der Waals surface area contributed by atoms with Gasteiger partial charge in [-0.05, 0) is 146 Å². The van der Waals surface area contributed by atoms with Crippen molar-refractivity contribution >= 4 is 0 Å². The Morgan fingerprint density at radius 3 is 0.729 bits per heavy atom. The molecule has 0 aliphatic heterocycles. The van der Waals surface area contributed by atoms with Crippen molar-refractivity contribution in [2.75, 3.05) is 0 Å². The van der Waals surface area contributed by atoms with Gasteiger partial charge in [0.1, 0.15) is 53.9 Å². The van der Waals surface area contributed by atoms with E-state index in [0.717, 1.165) is 17.5 Å². The topological polar surface area (TPSA) is 23.3 Å². The minimum Gasteiger partial charge on any atom is -0.206 e. The maximum absolute atomic E-state index is 14.9. The molecule has 0 amide bonds. The smallest absolute Gasteiger partial charge is 0.206 e. The van der Waals surface area contributed by atoms with Gasteiger partial charge in [0.15, 0.2) is 37.2 Å². The summed E-state index contributed by atoms with van der Waals surface area (Å²) in [4.78, 5) is 0. The Morgan fingerprint density at radius 1 is 0.271 bits per heavy atom. The fourth-order valence-electron chi connectivity index (χ4n) is 12.0. The first-order valence-corrected chi connectivity index (χ1v) is 30.7. The Morgan fingerprint density at radius 2 is 0.494 bits per heavy atom. The highest BCUT2D eigenvalue weighted by Gasteiger charge is 2.29. The summed E-state index contributed by atoms with van der Waals surface area (Å²) in [5, 5.41) is 0. The van der Waals surface area contributed by atoms with Crippen LogP contribution in [0.25, 0.3) is 67.5 Å². The first kappa shape index (κ1) is 65.0. The van der Waals surface area contributed by atoms with Gasteiger partial charge in [-0.2, -0.15) is 0 Å². The largest absolute Gasteiger partial charge is 0.215 e. The third kappa shape index (κ3) is 14.2. The Labute approximate surface area is 509 Å². The van der Waals surface area contributed by atoms with Crippen molar-refractivity contribution in [1.29, 1.82) is 0 Å². The zero-order valence-electron chi connectivity index (χ0n) is 55.7. The molecular formula is C77H98F2N6+6. The van der Waals surface area contributed by atoms with Crippen LogP contribution < -0.4 is 27.4 Å². The maximum Gasteiger partial charge on any atom is 0.215 e. The van der Waals surface area contributed by atoms with Crippen molar-refractivity contribution in [3.8, 4) is 67.5 Å². The van der Waals surface area contributed by atoms with Crippen LogP contribution >= 0.6 is 0 Å². The molecule has 6 aromatic heterocycles. The Hall–Kier alpha value is -7.58. The van der Waals surface area contributed by atoms with Crippen LogP contribution in [-0.4, -0.2) is 0 Å². The number of pyridine rings is 6. The SMILES string of the molecule is Cc1c(-c2ccc(C(C)C)c[n+]2C)c(F)cc(F)c1-c1ccc(C(C)C)c[n+]1C.Cc1c(-c2ccc(C(C)C)c[n+]2C)cccc1-c1ccc(C(C)C)c[n+]1C.Cc1cc(C)c(-c2ccc(C(C)C)c[n+]2C)c(C)c1-c1ccc(C(C)C)c[n+]1C. The van der Waals surface area contributed by atoms with Crippen LogP contribution in [0.1, 0.15) is 180 Å². The van der Waals surface area contributed by atoms with E-state index in [-0.39, 0.29) is 0 Å². The van der Waals surface area contributed by atoms with E-state index in [9.17, 15) is 8.78 Å². The van der Waals surface area contributed by atoms with Gasteiger partial charge in [-0.3, -0.25) is 0 Å². The molecule has 3 aromatic carbocycles. The lowest BCUT2D eigenvalue weighted by Gasteiger charge is -2.16. The predicted octanol–water partition coefficient (Wildman–Crippen LogP) is 16.6. The number of hydrogen-bond donors (Lipinski definition) is 0. The summed E-state index contributed by atoms with van der Waals surface area (Å²) in [6.45, 7) is 37.2. The second-order valence-electron chi connectivity index (χ2n) is 25.8. The summed E-state index contributed by atoms with van der Waals surface area (Å²) in [6, 6.07) is 36.0. The monoisotopic (exact) mass is 1140 g/mol. The third-order valence-electron chi connectivity index (χ3n) is 17.3. The van der Waals surface area contributed by atoms with E-state index in [4.69, 9.17) is 0 Å². The molecule has 0 saturated heterocycles. The van der Waals surface area contributed by atoms with Crippen molar-refractivity contribution in [2.45, 2.75) is 153 Å². The second-order valence-corrected chi connectivity index (χ2v) is 25.8. The van der Waals surface area contributed by atoms with Gasteiger partial charge in [-0.25, -0.2) is 36.2 Å². The van der Waals surface area contributed by atoms with Crippen molar-refractivity contribution in [1.82, 2.24) is 0 Å². The molecule has 0 unspecified atom stereocenters. The van der Waals surface area contributed by atoms with Crippen LogP contribution in [-0.2, 0) is 42.3 Å². The lowest BCUT2D eigenvalue weighted by atomic mass is 9.88. The van der Waals surface area contributed by atoms with E-state index in [1.54, 1.807) is 6.92 Å². The molecule has 0 aliphatic rings. The molecule has 9 aromatic rings. The highest BCUT2D eigenvalue weighted by Crippen LogP contribution is 2.37. The van der Waals surface area contributed by atoms with E-state index < -0.39 is 11.6 Å². The summed E-state index contributed by atoms with van der Waals surface area (Å²) in [5.74, 6) is 1.81. The van der Waals surface area contributed by atoms with Crippen LogP contribution in [0.3, 0.4) is 0 Å². The number of benzene rings is 3. The Balaban J connectivity index is 0.000000183. The summed E-state index contributed by atoms with van der Waals surface area (Å²) in [7, 11) is 12.4. The fourth-order valence-corrected chi connectivity index (χ4v) is 12.0. The van der Waals surface area contributed by atoms with Crippen molar-refractivity contribution < 1.29 is 36.2 Å². The van der Waals surface area contributed by atoms with E-state index in [0.29, 0.717) is 52.2 Å². The average molecular weight is 1150 g/mol. The highest BCUT2D eigenvalue weighted by atomic mass is 19.1. The number of nitrogens with zero attached hydrogens (tertiary/aromatic N) is 6.